The Balaban J connectivity index is 1.50. The molecule has 0 heterocycles. The largest absolute Gasteiger partial charge is 0.103 e. The van der Waals surface area contributed by atoms with Crippen molar-refractivity contribution in [1.82, 2.24) is 0 Å². The monoisotopic (exact) mass is 344 g/mol. The fraction of sp³-hybridized carbons (Fsp3) is 0.840. The fourth-order valence-electron chi connectivity index (χ4n) is 5.13. The van der Waals surface area contributed by atoms with Crippen LogP contribution in [0.3, 0.4) is 0 Å². The first-order chi connectivity index (χ1) is 12.3. The van der Waals surface area contributed by atoms with E-state index in [1.807, 2.05) is 0 Å². The lowest BCUT2D eigenvalue weighted by molar-refractivity contribution is 0.258. The van der Waals surface area contributed by atoms with Crippen LogP contribution in [0.15, 0.2) is 24.8 Å². The summed E-state index contributed by atoms with van der Waals surface area (Å²) in [6.07, 6.45) is 30.1. The molecule has 0 bridgehead atoms. The maximum absolute atomic E-state index is 3.86. The molecule has 0 amide bonds. The van der Waals surface area contributed by atoms with E-state index in [1.54, 1.807) is 0 Å². The van der Waals surface area contributed by atoms with Crippen LogP contribution in [0.5, 0.6) is 0 Å². The highest BCUT2D eigenvalue weighted by molar-refractivity contribution is 4.89. The molecule has 0 atom stereocenters. The van der Waals surface area contributed by atoms with Crippen molar-refractivity contribution >= 4 is 0 Å². The predicted octanol–water partition coefficient (Wildman–Crippen LogP) is 8.48. The van der Waals surface area contributed by atoms with Gasteiger partial charge >= 0.3 is 0 Å². The fourth-order valence-corrected chi connectivity index (χ4v) is 5.13. The van der Waals surface area contributed by atoms with E-state index in [0.29, 0.717) is 0 Å². The molecular weight excluding hydrogens is 300 g/mol. The van der Waals surface area contributed by atoms with Gasteiger partial charge in [0.25, 0.3) is 0 Å². The zero-order chi connectivity index (χ0) is 17.7. The van der Waals surface area contributed by atoms with E-state index in [9.17, 15) is 0 Å². The molecule has 0 radical (unpaired) electrons. The van der Waals surface area contributed by atoms with Gasteiger partial charge < -0.3 is 0 Å². The van der Waals surface area contributed by atoms with Crippen LogP contribution in [0.2, 0.25) is 0 Å². The van der Waals surface area contributed by atoms with Gasteiger partial charge in [0.15, 0.2) is 0 Å². The zero-order valence-electron chi connectivity index (χ0n) is 17.1. The second-order valence-corrected chi connectivity index (χ2v) is 9.08. The molecule has 2 rings (SSSR count). The third kappa shape index (κ3) is 8.61. The van der Waals surface area contributed by atoms with Gasteiger partial charge in [-0.2, -0.15) is 0 Å². The minimum atomic E-state index is 0.977. The van der Waals surface area contributed by atoms with Crippen molar-refractivity contribution in [2.45, 2.75) is 110 Å². The molecule has 144 valence electrons. The summed E-state index contributed by atoms with van der Waals surface area (Å²) in [6, 6.07) is 0. The summed E-state index contributed by atoms with van der Waals surface area (Å²) in [5.41, 5.74) is 0. The maximum Gasteiger partial charge on any atom is -0.0322 e. The molecule has 0 aromatic rings. The van der Waals surface area contributed by atoms with E-state index in [4.69, 9.17) is 0 Å². The van der Waals surface area contributed by atoms with E-state index in [0.717, 1.165) is 23.7 Å². The molecule has 2 saturated carbocycles. The molecule has 0 unspecified atom stereocenters. The van der Waals surface area contributed by atoms with Crippen LogP contribution >= 0.6 is 0 Å². The maximum atomic E-state index is 3.86. The van der Waals surface area contributed by atoms with Crippen molar-refractivity contribution in [3.63, 3.8) is 0 Å². The van der Waals surface area contributed by atoms with Gasteiger partial charge in [0.1, 0.15) is 0 Å². The Morgan fingerprint density at radius 3 is 1.64 bits per heavy atom. The molecule has 2 aliphatic carbocycles. The Kier molecular flexibility index (Phi) is 10.6. The molecular formula is C25H44. The average Bonchev–Trinajstić information content (AvgIpc) is 2.66. The van der Waals surface area contributed by atoms with E-state index < -0.39 is 0 Å². The average molecular weight is 345 g/mol. The molecule has 2 fully saturated rings. The van der Waals surface area contributed by atoms with Gasteiger partial charge in [0.2, 0.25) is 0 Å². The molecule has 0 nitrogen and oxygen atoms in total. The topological polar surface area (TPSA) is 0 Å². The summed E-state index contributed by atoms with van der Waals surface area (Å²) in [4.78, 5) is 0. The minimum Gasteiger partial charge on any atom is -0.103 e. The van der Waals surface area contributed by atoms with Gasteiger partial charge in [-0.1, -0.05) is 76.5 Å². The lowest BCUT2D eigenvalue weighted by Gasteiger charge is -2.28. The van der Waals surface area contributed by atoms with Gasteiger partial charge in [-0.05, 0) is 75.0 Å². The lowest BCUT2D eigenvalue weighted by atomic mass is 9.78. The van der Waals surface area contributed by atoms with E-state index in [-0.39, 0.29) is 0 Å². The SMILES string of the molecule is C=CCCC1CCC(C/C=C\CC2CCC(CCCCC)CC2)CC1. The van der Waals surface area contributed by atoms with Crippen LogP contribution in [0.1, 0.15) is 110 Å². The molecule has 0 aromatic heterocycles. The summed E-state index contributed by atoms with van der Waals surface area (Å²) >= 11 is 0. The Morgan fingerprint density at radius 1 is 0.680 bits per heavy atom. The standard InChI is InChI=1S/C25H44/c1-3-5-7-11-23-18-20-25(21-19-23)13-9-8-12-24-16-14-22(15-17-24)10-6-4-2/h4,8-9,22-25H,2-3,5-7,10-21H2,1H3/b9-8-. The summed E-state index contributed by atoms with van der Waals surface area (Å²) in [5, 5.41) is 0. The highest BCUT2D eigenvalue weighted by Gasteiger charge is 2.21. The summed E-state index contributed by atoms with van der Waals surface area (Å²) < 4.78 is 0. The number of hydrogen-bond donors (Lipinski definition) is 0. The van der Waals surface area contributed by atoms with Crippen LogP contribution in [-0.4, -0.2) is 0 Å². The van der Waals surface area contributed by atoms with Crippen LogP contribution in [0.25, 0.3) is 0 Å². The highest BCUT2D eigenvalue weighted by Crippen LogP contribution is 2.35. The van der Waals surface area contributed by atoms with Crippen molar-refractivity contribution in [2.75, 3.05) is 0 Å². The van der Waals surface area contributed by atoms with Gasteiger partial charge in [-0.15, -0.1) is 6.58 Å². The molecule has 2 aliphatic rings. The van der Waals surface area contributed by atoms with Crippen molar-refractivity contribution in [2.24, 2.45) is 23.7 Å². The second kappa shape index (κ2) is 12.8. The van der Waals surface area contributed by atoms with Crippen LogP contribution in [0.4, 0.5) is 0 Å². The number of hydrogen-bond acceptors (Lipinski definition) is 0. The normalized spacial score (nSPS) is 30.6. The number of allylic oxidation sites excluding steroid dienone is 3. The van der Waals surface area contributed by atoms with Gasteiger partial charge in [0.05, 0.1) is 0 Å². The zero-order valence-corrected chi connectivity index (χ0v) is 17.1. The van der Waals surface area contributed by atoms with Crippen LogP contribution in [0, 0.1) is 23.7 Å². The lowest BCUT2D eigenvalue weighted by Crippen LogP contribution is -2.14. The molecule has 0 N–H and O–H groups in total. The van der Waals surface area contributed by atoms with Gasteiger partial charge in [-0.3, -0.25) is 0 Å². The molecule has 0 heteroatoms. The van der Waals surface area contributed by atoms with Crippen molar-refractivity contribution in [3.8, 4) is 0 Å². The quantitative estimate of drug-likeness (QED) is 0.260. The van der Waals surface area contributed by atoms with Gasteiger partial charge in [-0.25, -0.2) is 0 Å². The Bertz CT molecular complexity index is 350. The first-order valence-corrected chi connectivity index (χ1v) is 11.6. The van der Waals surface area contributed by atoms with Crippen molar-refractivity contribution < 1.29 is 0 Å². The number of unbranched alkanes of at least 4 members (excludes halogenated alkanes) is 2. The molecule has 25 heavy (non-hydrogen) atoms. The predicted molar refractivity (Wildman–Crippen MR) is 113 cm³/mol. The summed E-state index contributed by atoms with van der Waals surface area (Å²) in [5.74, 6) is 4.02. The first-order valence-electron chi connectivity index (χ1n) is 11.6. The molecule has 0 aliphatic heterocycles. The van der Waals surface area contributed by atoms with Crippen molar-refractivity contribution in [1.29, 1.82) is 0 Å². The smallest absolute Gasteiger partial charge is 0.0322 e. The van der Waals surface area contributed by atoms with Gasteiger partial charge in [0, 0.05) is 0 Å². The highest BCUT2D eigenvalue weighted by atomic mass is 14.3. The molecule has 0 spiro atoms. The number of rotatable bonds is 11. The van der Waals surface area contributed by atoms with Crippen LogP contribution < -0.4 is 0 Å². The molecule has 0 saturated heterocycles. The summed E-state index contributed by atoms with van der Waals surface area (Å²) in [7, 11) is 0. The van der Waals surface area contributed by atoms with E-state index in [1.165, 1.54) is 103 Å². The third-order valence-corrected chi connectivity index (χ3v) is 7.03. The van der Waals surface area contributed by atoms with E-state index >= 15 is 0 Å². The van der Waals surface area contributed by atoms with Crippen molar-refractivity contribution in [3.05, 3.63) is 24.8 Å². The Morgan fingerprint density at radius 2 is 1.16 bits per heavy atom. The van der Waals surface area contributed by atoms with E-state index in [2.05, 4.69) is 31.7 Å². The third-order valence-electron chi connectivity index (χ3n) is 7.03. The summed E-state index contributed by atoms with van der Waals surface area (Å²) in [6.45, 7) is 6.18. The second-order valence-electron chi connectivity index (χ2n) is 9.08. The first kappa shape index (κ1) is 20.8. The minimum absolute atomic E-state index is 0.977. The Labute approximate surface area is 158 Å². The molecule has 0 aromatic carbocycles. The van der Waals surface area contributed by atoms with Crippen LogP contribution in [-0.2, 0) is 0 Å². The Hall–Kier alpha value is -0.520.